The molecule has 0 spiro atoms. The Bertz CT molecular complexity index is 903. The van der Waals surface area contributed by atoms with Crippen molar-refractivity contribution in [3.8, 4) is 0 Å². The van der Waals surface area contributed by atoms with E-state index in [0.29, 0.717) is 6.04 Å². The quantitative estimate of drug-likeness (QED) is 0.720. The topological polar surface area (TPSA) is 43.6 Å². The molecule has 0 radical (unpaired) electrons. The Hall–Kier alpha value is -2.49. The largest absolute Gasteiger partial charge is 0.324 e. The van der Waals surface area contributed by atoms with E-state index in [9.17, 15) is 0 Å². The van der Waals surface area contributed by atoms with Crippen LogP contribution in [0.3, 0.4) is 0 Å². The lowest BCUT2D eigenvalue weighted by Crippen LogP contribution is -2.03. The predicted octanol–water partition coefficient (Wildman–Crippen LogP) is 4.39. The van der Waals surface area contributed by atoms with Crippen LogP contribution in [0.4, 0.5) is 0 Å². The van der Waals surface area contributed by atoms with Gasteiger partial charge in [0.1, 0.15) is 5.82 Å². The van der Waals surface area contributed by atoms with Crippen molar-refractivity contribution in [2.45, 2.75) is 40.7 Å². The van der Waals surface area contributed by atoms with Crippen LogP contribution in [0.25, 0.3) is 16.7 Å². The fourth-order valence-corrected chi connectivity index (χ4v) is 3.07. The van der Waals surface area contributed by atoms with Gasteiger partial charge in [0.25, 0.3) is 0 Å². The van der Waals surface area contributed by atoms with Gasteiger partial charge in [0, 0.05) is 34.8 Å². The number of rotatable bonds is 3. The average Bonchev–Trinajstić information content (AvgIpc) is 2.81. The second kappa shape index (κ2) is 5.61. The van der Waals surface area contributed by atoms with Gasteiger partial charge in [0.2, 0.25) is 0 Å². The first kappa shape index (κ1) is 15.4. The van der Waals surface area contributed by atoms with Gasteiger partial charge in [0.05, 0.1) is 5.52 Å². The van der Waals surface area contributed by atoms with Crippen LogP contribution in [-0.2, 0) is 0 Å². The minimum Gasteiger partial charge on any atom is -0.324 e. The molecular weight excluding hydrogens is 284 g/mol. The number of hydrogen-bond donors (Lipinski definition) is 0. The van der Waals surface area contributed by atoms with Gasteiger partial charge in [-0.15, -0.1) is 0 Å². The number of hydrogen-bond acceptors (Lipinski definition) is 3. The fourth-order valence-electron chi connectivity index (χ4n) is 3.07. The molecule has 4 nitrogen and oxygen atoms in total. The zero-order valence-electron chi connectivity index (χ0n) is 14.4. The van der Waals surface area contributed by atoms with Crippen LogP contribution < -0.4 is 0 Å². The molecule has 3 aromatic rings. The lowest BCUT2D eigenvalue weighted by molar-refractivity contribution is 0.600. The Morgan fingerprint density at radius 3 is 2.52 bits per heavy atom. The van der Waals surface area contributed by atoms with Gasteiger partial charge in [-0.05, 0) is 52.3 Å². The molecule has 0 fully saturated rings. The average molecular weight is 306 g/mol. The Labute approximate surface area is 136 Å². The van der Waals surface area contributed by atoms with E-state index in [0.717, 1.165) is 45.1 Å². The molecule has 118 valence electrons. The molecule has 0 amide bonds. The smallest absolute Gasteiger partial charge is 0.177 e. The van der Waals surface area contributed by atoms with E-state index in [2.05, 4.69) is 52.1 Å². The van der Waals surface area contributed by atoms with Crippen LogP contribution in [0.5, 0.6) is 0 Å². The maximum atomic E-state index is 4.55. The summed E-state index contributed by atoms with van der Waals surface area (Å²) in [6.45, 7) is 14.6. The van der Waals surface area contributed by atoms with Crippen molar-refractivity contribution >= 4 is 16.7 Å². The van der Waals surface area contributed by atoms with E-state index in [4.69, 9.17) is 0 Å². The number of imidazole rings is 1. The summed E-state index contributed by atoms with van der Waals surface area (Å²) in [5.74, 6) is 0.985. The number of nitrogens with zero attached hydrogens (tertiary/aromatic N) is 4. The van der Waals surface area contributed by atoms with Crippen LogP contribution in [0, 0.1) is 20.8 Å². The Morgan fingerprint density at radius 1 is 1.13 bits per heavy atom. The predicted molar refractivity (Wildman–Crippen MR) is 94.5 cm³/mol. The van der Waals surface area contributed by atoms with Gasteiger partial charge in [-0.3, -0.25) is 4.98 Å². The van der Waals surface area contributed by atoms with E-state index >= 15 is 0 Å². The highest BCUT2D eigenvalue weighted by Crippen LogP contribution is 2.27. The number of aromatic nitrogens is 4. The molecule has 0 saturated heterocycles. The Kier molecular flexibility index (Phi) is 3.76. The molecule has 0 atom stereocenters. The summed E-state index contributed by atoms with van der Waals surface area (Å²) in [5.41, 5.74) is 6.85. The normalized spacial score (nSPS) is 11.4. The molecule has 3 heterocycles. The fraction of sp³-hybridized carbons (Fsp3) is 0.316. The highest BCUT2D eigenvalue weighted by atomic mass is 15.1. The molecule has 0 aliphatic carbocycles. The third kappa shape index (κ3) is 2.65. The molecule has 23 heavy (non-hydrogen) atoms. The van der Waals surface area contributed by atoms with Crippen molar-refractivity contribution in [3.05, 3.63) is 59.3 Å². The summed E-state index contributed by atoms with van der Waals surface area (Å²) in [6.07, 6.45) is 1.85. The first-order valence-corrected chi connectivity index (χ1v) is 7.87. The molecule has 3 rings (SSSR count). The second-order valence-electron chi connectivity index (χ2n) is 6.25. The number of aryl methyl sites for hydroxylation is 3. The summed E-state index contributed by atoms with van der Waals surface area (Å²) in [4.78, 5) is 13.6. The number of pyridine rings is 2. The van der Waals surface area contributed by atoms with Gasteiger partial charge in [0.15, 0.2) is 5.65 Å². The lowest BCUT2D eigenvalue weighted by Gasteiger charge is -2.12. The van der Waals surface area contributed by atoms with Crippen molar-refractivity contribution < 1.29 is 0 Å². The molecule has 0 unspecified atom stereocenters. The van der Waals surface area contributed by atoms with E-state index < -0.39 is 0 Å². The lowest BCUT2D eigenvalue weighted by atomic mass is 9.99. The van der Waals surface area contributed by atoms with E-state index in [-0.39, 0.29) is 0 Å². The van der Waals surface area contributed by atoms with Crippen LogP contribution in [0.1, 0.15) is 48.2 Å². The van der Waals surface area contributed by atoms with E-state index in [1.807, 2.05) is 33.0 Å². The van der Waals surface area contributed by atoms with Crippen molar-refractivity contribution in [3.63, 3.8) is 0 Å². The van der Waals surface area contributed by atoms with Crippen LogP contribution in [0.2, 0.25) is 0 Å². The Balaban J connectivity index is 2.13. The molecule has 4 heteroatoms. The van der Waals surface area contributed by atoms with Gasteiger partial charge < -0.3 is 4.57 Å². The molecule has 0 saturated carbocycles. The summed E-state index contributed by atoms with van der Waals surface area (Å²) in [6, 6.07) is 6.56. The minimum atomic E-state index is 0.341. The second-order valence-corrected chi connectivity index (χ2v) is 6.25. The monoisotopic (exact) mass is 306 g/mol. The maximum absolute atomic E-state index is 4.55. The van der Waals surface area contributed by atoms with Gasteiger partial charge in [-0.2, -0.15) is 0 Å². The van der Waals surface area contributed by atoms with Crippen molar-refractivity contribution in [1.82, 2.24) is 19.5 Å². The third-order valence-electron chi connectivity index (χ3n) is 4.14. The zero-order valence-corrected chi connectivity index (χ0v) is 14.4. The first-order chi connectivity index (χ1) is 10.9. The van der Waals surface area contributed by atoms with Crippen molar-refractivity contribution in [1.29, 1.82) is 0 Å². The van der Waals surface area contributed by atoms with Crippen LogP contribution in [-0.4, -0.2) is 19.5 Å². The van der Waals surface area contributed by atoms with Crippen molar-refractivity contribution in [2.75, 3.05) is 0 Å². The molecule has 3 aromatic heterocycles. The molecule has 0 aliphatic rings. The third-order valence-corrected chi connectivity index (χ3v) is 4.14. The summed E-state index contributed by atoms with van der Waals surface area (Å²) in [5, 5.41) is 0. The molecule has 0 aliphatic heterocycles. The number of fused-ring (bicyclic) bond motifs is 1. The van der Waals surface area contributed by atoms with Gasteiger partial charge in [-0.25, -0.2) is 9.97 Å². The Morgan fingerprint density at radius 2 is 1.87 bits per heavy atom. The molecule has 0 bridgehead atoms. The maximum Gasteiger partial charge on any atom is 0.177 e. The van der Waals surface area contributed by atoms with E-state index in [1.165, 1.54) is 0 Å². The molecule has 0 aromatic carbocycles. The highest BCUT2D eigenvalue weighted by molar-refractivity contribution is 5.84. The standard InChI is InChI=1S/C19H22N4/c1-11(2)23-15(6)22-19-18(23)9-16(10-20-19)13(4)17-8-7-12(3)21-14(17)5/h7-11H,4H2,1-3,5-6H3. The first-order valence-electron chi connectivity index (χ1n) is 7.87. The SMILES string of the molecule is C=C(c1cnc2nc(C)n(C(C)C)c2c1)c1ccc(C)nc1C. The molecule has 0 N–H and O–H groups in total. The van der Waals surface area contributed by atoms with E-state index in [1.54, 1.807) is 0 Å². The van der Waals surface area contributed by atoms with Crippen LogP contribution in [0.15, 0.2) is 31.0 Å². The highest BCUT2D eigenvalue weighted by Gasteiger charge is 2.14. The zero-order chi connectivity index (χ0) is 16.7. The van der Waals surface area contributed by atoms with Gasteiger partial charge in [-0.1, -0.05) is 12.6 Å². The van der Waals surface area contributed by atoms with Crippen LogP contribution >= 0.6 is 0 Å². The molecular formula is C19H22N4. The summed E-state index contributed by atoms with van der Waals surface area (Å²) >= 11 is 0. The summed E-state index contributed by atoms with van der Waals surface area (Å²) < 4.78 is 2.21. The summed E-state index contributed by atoms with van der Waals surface area (Å²) in [7, 11) is 0. The minimum absolute atomic E-state index is 0.341. The van der Waals surface area contributed by atoms with Gasteiger partial charge >= 0.3 is 0 Å². The van der Waals surface area contributed by atoms with Crippen molar-refractivity contribution in [2.24, 2.45) is 0 Å².